The zero-order valence-corrected chi connectivity index (χ0v) is 14.3. The Kier molecular flexibility index (Phi) is 4.51. The van der Waals surface area contributed by atoms with Crippen LogP contribution in [-0.2, 0) is 19.0 Å². The lowest BCUT2D eigenvalue weighted by atomic mass is 9.96. The van der Waals surface area contributed by atoms with Crippen LogP contribution in [0.1, 0.15) is 24.2 Å². The van der Waals surface area contributed by atoms with Gasteiger partial charge in [0.15, 0.2) is 5.96 Å². The molecule has 1 fully saturated rings. The number of hydrogen-bond donors (Lipinski definition) is 1. The van der Waals surface area contributed by atoms with Crippen LogP contribution in [0.15, 0.2) is 35.6 Å². The van der Waals surface area contributed by atoms with Crippen molar-refractivity contribution in [1.29, 1.82) is 0 Å². The lowest BCUT2D eigenvalue weighted by molar-refractivity contribution is 0.444. The predicted molar refractivity (Wildman–Crippen MR) is 91.1 cm³/mol. The molecule has 2 aromatic rings. The summed E-state index contributed by atoms with van der Waals surface area (Å²) < 4.78 is 15.2. The minimum absolute atomic E-state index is 0.0175. The average Bonchev–Trinajstić information content (AvgIpc) is 3.26. The van der Waals surface area contributed by atoms with Crippen molar-refractivity contribution in [3.8, 4) is 0 Å². The normalized spacial score (nSPS) is 16.1. The molecule has 3 rings (SSSR count). The fourth-order valence-corrected chi connectivity index (χ4v) is 2.92. The Morgan fingerprint density at radius 1 is 1.46 bits per heavy atom. The predicted octanol–water partition coefficient (Wildman–Crippen LogP) is 1.69. The first-order valence-corrected chi connectivity index (χ1v) is 8.05. The molecular weight excluding hydrogens is 307 g/mol. The summed E-state index contributed by atoms with van der Waals surface area (Å²) in [4.78, 5) is 10.6. The van der Waals surface area contributed by atoms with E-state index in [0.29, 0.717) is 6.54 Å². The van der Waals surface area contributed by atoms with E-state index in [1.165, 1.54) is 6.07 Å². The zero-order chi connectivity index (χ0) is 17.2. The van der Waals surface area contributed by atoms with E-state index in [-0.39, 0.29) is 11.2 Å². The third kappa shape index (κ3) is 3.39. The van der Waals surface area contributed by atoms with Crippen molar-refractivity contribution in [1.82, 2.24) is 25.0 Å². The monoisotopic (exact) mass is 330 g/mol. The molecular formula is C17H23FN6. The number of benzene rings is 1. The van der Waals surface area contributed by atoms with E-state index < -0.39 is 0 Å². The summed E-state index contributed by atoms with van der Waals surface area (Å²) in [5, 5.41) is 7.50. The molecule has 128 valence electrons. The number of nitrogens with one attached hydrogen (secondary N) is 1. The van der Waals surface area contributed by atoms with Gasteiger partial charge in [-0.1, -0.05) is 12.1 Å². The standard InChI is InChI=1S/C17H23FN6/c1-19-16(23(2)10-15-21-12-22-24(15)3)20-11-17(7-8-17)13-5-4-6-14(18)9-13/h4-6,9,12H,7-8,10-11H2,1-3H3,(H,19,20). The second-order valence-electron chi connectivity index (χ2n) is 6.35. The summed E-state index contributed by atoms with van der Waals surface area (Å²) in [6, 6.07) is 6.91. The molecule has 0 saturated heterocycles. The molecule has 1 aliphatic carbocycles. The van der Waals surface area contributed by atoms with E-state index in [0.717, 1.165) is 36.7 Å². The third-order valence-corrected chi connectivity index (χ3v) is 4.63. The lowest BCUT2D eigenvalue weighted by Crippen LogP contribution is -2.42. The van der Waals surface area contributed by atoms with Gasteiger partial charge in [-0.3, -0.25) is 9.67 Å². The van der Waals surface area contributed by atoms with Gasteiger partial charge in [-0.05, 0) is 30.5 Å². The minimum atomic E-state index is -0.178. The first-order chi connectivity index (χ1) is 11.5. The molecule has 1 saturated carbocycles. The number of aromatic nitrogens is 3. The number of hydrogen-bond acceptors (Lipinski definition) is 3. The Labute approximate surface area is 141 Å². The molecule has 1 aliphatic rings. The van der Waals surface area contributed by atoms with E-state index in [4.69, 9.17) is 0 Å². The van der Waals surface area contributed by atoms with Gasteiger partial charge in [0.25, 0.3) is 0 Å². The summed E-state index contributed by atoms with van der Waals surface area (Å²) in [6.07, 6.45) is 3.67. The van der Waals surface area contributed by atoms with Crippen molar-refractivity contribution >= 4 is 5.96 Å². The van der Waals surface area contributed by atoms with E-state index >= 15 is 0 Å². The Bertz CT molecular complexity index is 734. The highest BCUT2D eigenvalue weighted by atomic mass is 19.1. The molecule has 0 unspecified atom stereocenters. The van der Waals surface area contributed by atoms with Crippen molar-refractivity contribution in [2.45, 2.75) is 24.8 Å². The smallest absolute Gasteiger partial charge is 0.193 e. The fraction of sp³-hybridized carbons (Fsp3) is 0.471. The van der Waals surface area contributed by atoms with Gasteiger partial charge in [-0.2, -0.15) is 5.10 Å². The molecule has 0 amide bonds. The second-order valence-corrected chi connectivity index (χ2v) is 6.35. The number of aliphatic imine (C=N–C) groups is 1. The Hall–Kier alpha value is -2.44. The van der Waals surface area contributed by atoms with Crippen molar-refractivity contribution < 1.29 is 4.39 Å². The Balaban J connectivity index is 1.63. The summed E-state index contributed by atoms with van der Waals surface area (Å²) in [5.41, 5.74) is 1.07. The van der Waals surface area contributed by atoms with Crippen LogP contribution in [0, 0.1) is 5.82 Å². The van der Waals surface area contributed by atoms with Crippen LogP contribution in [0.25, 0.3) is 0 Å². The second kappa shape index (κ2) is 6.59. The Morgan fingerprint density at radius 3 is 2.83 bits per heavy atom. The molecule has 1 aromatic heterocycles. The van der Waals surface area contributed by atoms with Crippen molar-refractivity contribution in [2.75, 3.05) is 20.6 Å². The molecule has 0 radical (unpaired) electrons. The zero-order valence-electron chi connectivity index (χ0n) is 14.3. The molecule has 0 bridgehead atoms. The van der Waals surface area contributed by atoms with E-state index in [1.807, 2.05) is 25.1 Å². The van der Waals surface area contributed by atoms with Gasteiger partial charge in [-0.15, -0.1) is 0 Å². The largest absolute Gasteiger partial charge is 0.355 e. The van der Waals surface area contributed by atoms with Crippen LogP contribution >= 0.6 is 0 Å². The number of rotatable bonds is 5. The van der Waals surface area contributed by atoms with E-state index in [9.17, 15) is 4.39 Å². The molecule has 1 heterocycles. The molecule has 6 nitrogen and oxygen atoms in total. The number of halogens is 1. The first-order valence-electron chi connectivity index (χ1n) is 8.05. The quantitative estimate of drug-likeness (QED) is 0.670. The Morgan fingerprint density at radius 2 is 2.25 bits per heavy atom. The van der Waals surface area contributed by atoms with Crippen LogP contribution in [0.3, 0.4) is 0 Å². The maximum atomic E-state index is 13.5. The SMILES string of the molecule is CN=C(NCC1(c2cccc(F)c2)CC1)N(C)Cc1ncnn1C. The molecule has 0 spiro atoms. The average molecular weight is 330 g/mol. The lowest BCUT2D eigenvalue weighted by Gasteiger charge is -2.24. The van der Waals surface area contributed by atoms with Gasteiger partial charge in [-0.25, -0.2) is 9.37 Å². The highest BCUT2D eigenvalue weighted by molar-refractivity contribution is 5.79. The van der Waals surface area contributed by atoms with Crippen LogP contribution in [0.5, 0.6) is 0 Å². The molecule has 0 atom stereocenters. The molecule has 1 aromatic carbocycles. The van der Waals surface area contributed by atoms with E-state index in [2.05, 4.69) is 20.4 Å². The van der Waals surface area contributed by atoms with Gasteiger partial charge in [0.05, 0.1) is 6.54 Å². The van der Waals surface area contributed by atoms with Gasteiger partial charge in [0.1, 0.15) is 18.0 Å². The third-order valence-electron chi connectivity index (χ3n) is 4.63. The first kappa shape index (κ1) is 16.4. The highest BCUT2D eigenvalue weighted by Crippen LogP contribution is 2.47. The molecule has 1 N–H and O–H groups in total. The molecule has 24 heavy (non-hydrogen) atoms. The number of guanidine groups is 1. The number of aryl methyl sites for hydroxylation is 1. The topological polar surface area (TPSA) is 58.3 Å². The summed E-state index contributed by atoms with van der Waals surface area (Å²) in [7, 11) is 5.60. The molecule has 7 heteroatoms. The minimum Gasteiger partial charge on any atom is -0.355 e. The van der Waals surface area contributed by atoms with E-state index in [1.54, 1.807) is 30.2 Å². The van der Waals surface area contributed by atoms with Gasteiger partial charge in [0.2, 0.25) is 0 Å². The maximum absolute atomic E-state index is 13.5. The van der Waals surface area contributed by atoms with Crippen LogP contribution in [-0.4, -0.2) is 46.3 Å². The van der Waals surface area contributed by atoms with Crippen molar-refractivity contribution in [3.63, 3.8) is 0 Å². The summed E-state index contributed by atoms with van der Waals surface area (Å²) in [6.45, 7) is 1.36. The fourth-order valence-electron chi connectivity index (χ4n) is 2.92. The van der Waals surface area contributed by atoms with Crippen LogP contribution in [0.4, 0.5) is 4.39 Å². The highest BCUT2D eigenvalue weighted by Gasteiger charge is 2.44. The van der Waals surface area contributed by atoms with Crippen molar-refractivity contribution in [3.05, 3.63) is 47.8 Å². The summed E-state index contributed by atoms with van der Waals surface area (Å²) in [5.74, 6) is 1.48. The van der Waals surface area contributed by atoms with Crippen molar-refractivity contribution in [2.24, 2.45) is 12.0 Å². The van der Waals surface area contributed by atoms with Crippen LogP contribution in [0.2, 0.25) is 0 Å². The van der Waals surface area contributed by atoms with Gasteiger partial charge < -0.3 is 10.2 Å². The number of nitrogens with zero attached hydrogens (tertiary/aromatic N) is 5. The van der Waals surface area contributed by atoms with Crippen LogP contribution < -0.4 is 5.32 Å². The van der Waals surface area contributed by atoms with Gasteiger partial charge in [0, 0.05) is 33.1 Å². The summed E-state index contributed by atoms with van der Waals surface area (Å²) >= 11 is 0. The molecule has 0 aliphatic heterocycles. The van der Waals surface area contributed by atoms with Gasteiger partial charge >= 0.3 is 0 Å². The maximum Gasteiger partial charge on any atom is 0.193 e.